The molecule has 188 valence electrons. The van der Waals surface area contributed by atoms with E-state index in [0.29, 0.717) is 22.7 Å². The zero-order valence-electron chi connectivity index (χ0n) is 21.5. The molecule has 0 spiro atoms. The Kier molecular flexibility index (Phi) is 9.40. The second kappa shape index (κ2) is 11.5. The molecule has 0 aliphatic heterocycles. The van der Waals surface area contributed by atoms with Crippen molar-refractivity contribution in [2.45, 2.75) is 65.3 Å². The van der Waals surface area contributed by atoms with Gasteiger partial charge >= 0.3 is 0 Å². The number of halogens is 2. The Morgan fingerprint density at radius 2 is 1.77 bits per heavy atom. The highest BCUT2D eigenvalue weighted by Crippen LogP contribution is 2.39. The average Bonchev–Trinajstić information content (AvgIpc) is 2.77. The van der Waals surface area contributed by atoms with Crippen molar-refractivity contribution in [3.8, 4) is 0 Å². The molecule has 0 aliphatic rings. The molecule has 0 unspecified atom stereocenters. The van der Waals surface area contributed by atoms with Crippen LogP contribution in [0.3, 0.4) is 0 Å². The fourth-order valence-corrected chi connectivity index (χ4v) is 5.16. The molecule has 1 amide bonds. The molecule has 5 nitrogen and oxygen atoms in total. The van der Waals surface area contributed by atoms with Gasteiger partial charge in [0.1, 0.15) is 5.82 Å². The number of amides is 1. The monoisotopic (exact) mass is 516 g/mol. The Hall–Kier alpha value is -2.53. The maximum absolute atomic E-state index is 13.4. The molecule has 0 bridgehead atoms. The molecule has 0 aliphatic carbocycles. The quantitative estimate of drug-likeness (QED) is 0.224. The van der Waals surface area contributed by atoms with E-state index in [2.05, 4.69) is 44.0 Å². The SMILES string of the molecule is [C-]#[N+]c1ccc(C[C@@H](C(=O)NCC(=O)c2ccc(F)cc2)[C@@H](C)O[Si](C)(C)C(C)(C)C)c(C)c1Cl. The van der Waals surface area contributed by atoms with Gasteiger partial charge in [-0.2, -0.15) is 0 Å². The van der Waals surface area contributed by atoms with E-state index in [1.165, 1.54) is 24.3 Å². The van der Waals surface area contributed by atoms with E-state index >= 15 is 0 Å². The van der Waals surface area contributed by atoms with Gasteiger partial charge in [-0.25, -0.2) is 9.24 Å². The number of ketones is 1. The summed E-state index contributed by atoms with van der Waals surface area (Å²) in [5.74, 6) is -1.63. The molecule has 0 radical (unpaired) electrons. The molecule has 0 heterocycles. The topological polar surface area (TPSA) is 59.8 Å². The van der Waals surface area contributed by atoms with Crippen LogP contribution in [0.4, 0.5) is 10.1 Å². The van der Waals surface area contributed by atoms with Crippen molar-refractivity contribution in [3.63, 3.8) is 0 Å². The van der Waals surface area contributed by atoms with Gasteiger partial charge in [0.2, 0.25) is 11.6 Å². The largest absolute Gasteiger partial charge is 0.413 e. The van der Waals surface area contributed by atoms with Crippen LogP contribution in [0.5, 0.6) is 0 Å². The van der Waals surface area contributed by atoms with Crippen LogP contribution in [0.25, 0.3) is 4.85 Å². The first-order chi connectivity index (χ1) is 16.2. The van der Waals surface area contributed by atoms with Crippen LogP contribution in [0.1, 0.15) is 49.2 Å². The summed E-state index contributed by atoms with van der Waals surface area (Å²) in [4.78, 5) is 29.3. The van der Waals surface area contributed by atoms with E-state index in [4.69, 9.17) is 22.6 Å². The molecule has 8 heteroatoms. The molecule has 0 fully saturated rings. The summed E-state index contributed by atoms with van der Waals surface area (Å²) in [6.07, 6.45) is -0.0774. The zero-order chi connectivity index (χ0) is 26.6. The van der Waals surface area contributed by atoms with E-state index < -0.39 is 26.2 Å². The molecule has 2 rings (SSSR count). The van der Waals surface area contributed by atoms with E-state index in [1.807, 2.05) is 19.9 Å². The summed E-state index contributed by atoms with van der Waals surface area (Å²) >= 11 is 6.38. The van der Waals surface area contributed by atoms with Crippen molar-refractivity contribution >= 4 is 37.3 Å². The van der Waals surface area contributed by atoms with Crippen LogP contribution in [0.15, 0.2) is 36.4 Å². The predicted octanol–water partition coefficient (Wildman–Crippen LogP) is 6.91. The summed E-state index contributed by atoms with van der Waals surface area (Å²) in [5, 5.41) is 3.08. The Bertz CT molecular complexity index is 1120. The lowest BCUT2D eigenvalue weighted by molar-refractivity contribution is -0.127. The Labute approximate surface area is 214 Å². The molecule has 0 aromatic heterocycles. The van der Waals surface area contributed by atoms with Crippen molar-refractivity contribution in [2.24, 2.45) is 5.92 Å². The van der Waals surface area contributed by atoms with Gasteiger partial charge in [0.05, 0.1) is 30.2 Å². The summed E-state index contributed by atoms with van der Waals surface area (Å²) < 4.78 is 19.7. The highest BCUT2D eigenvalue weighted by molar-refractivity contribution is 6.74. The highest BCUT2D eigenvalue weighted by atomic mass is 35.5. The van der Waals surface area contributed by atoms with Crippen LogP contribution in [0, 0.1) is 25.2 Å². The minimum Gasteiger partial charge on any atom is -0.413 e. The normalized spacial score (nSPS) is 13.6. The van der Waals surface area contributed by atoms with Gasteiger partial charge in [-0.05, 0) is 73.8 Å². The average molecular weight is 517 g/mol. The summed E-state index contributed by atoms with van der Waals surface area (Å²) in [6, 6.07) is 8.70. The number of hydrogen-bond acceptors (Lipinski definition) is 3. The van der Waals surface area contributed by atoms with E-state index in [1.54, 1.807) is 6.07 Å². The number of hydrogen-bond donors (Lipinski definition) is 1. The molecule has 2 aromatic carbocycles. The van der Waals surface area contributed by atoms with Crippen molar-refractivity contribution in [3.05, 3.63) is 75.3 Å². The number of carbonyl (C=O) groups excluding carboxylic acids is 2. The van der Waals surface area contributed by atoms with Crippen molar-refractivity contribution in [1.82, 2.24) is 5.32 Å². The summed E-state index contributed by atoms with van der Waals surface area (Å²) in [5.41, 5.74) is 2.29. The van der Waals surface area contributed by atoms with Gasteiger partial charge in [0.25, 0.3) is 0 Å². The van der Waals surface area contributed by atoms with Crippen molar-refractivity contribution < 1.29 is 18.4 Å². The summed E-state index contributed by atoms with van der Waals surface area (Å²) in [7, 11) is -2.18. The number of benzene rings is 2. The lowest BCUT2D eigenvalue weighted by atomic mass is 9.91. The first-order valence-corrected chi connectivity index (χ1v) is 14.9. The van der Waals surface area contributed by atoms with Gasteiger partial charge in [0.15, 0.2) is 14.1 Å². The van der Waals surface area contributed by atoms with Gasteiger partial charge in [-0.1, -0.05) is 44.5 Å². The number of nitrogens with one attached hydrogen (secondary N) is 1. The Morgan fingerprint density at radius 1 is 1.17 bits per heavy atom. The van der Waals surface area contributed by atoms with Crippen LogP contribution in [-0.4, -0.2) is 32.7 Å². The van der Waals surface area contributed by atoms with Gasteiger partial charge in [-0.3, -0.25) is 9.59 Å². The minimum absolute atomic E-state index is 0.0443. The van der Waals surface area contributed by atoms with Crippen molar-refractivity contribution in [1.29, 1.82) is 0 Å². The van der Waals surface area contributed by atoms with Crippen LogP contribution in [0.2, 0.25) is 23.2 Å². The summed E-state index contributed by atoms with van der Waals surface area (Å²) in [6.45, 7) is 21.4. The highest BCUT2D eigenvalue weighted by Gasteiger charge is 2.41. The van der Waals surface area contributed by atoms with Gasteiger partial charge < -0.3 is 9.74 Å². The first-order valence-electron chi connectivity index (χ1n) is 11.6. The maximum Gasteiger partial charge on any atom is 0.226 e. The first kappa shape index (κ1) is 28.7. The van der Waals surface area contributed by atoms with Crippen LogP contribution in [-0.2, 0) is 15.6 Å². The van der Waals surface area contributed by atoms with Crippen molar-refractivity contribution in [2.75, 3.05) is 6.54 Å². The van der Waals surface area contributed by atoms with E-state index in [9.17, 15) is 14.0 Å². The standard InChI is InChI=1S/C27H34ClFN2O3Si/c1-17-20(11-14-23(30-6)25(17)28)15-22(18(2)34-35(7,8)27(3,4)5)26(33)31-16-24(32)19-9-12-21(29)13-10-19/h9-14,18,22H,15-16H2,1-5,7-8H3,(H,31,33)/t18-,22-/m1/s1. The Morgan fingerprint density at radius 3 is 2.31 bits per heavy atom. The van der Waals surface area contributed by atoms with Crippen LogP contribution < -0.4 is 5.32 Å². The number of rotatable bonds is 9. The fourth-order valence-electron chi connectivity index (χ4n) is 3.49. The molecular formula is C27H34ClFN2O3Si. The lowest BCUT2D eigenvalue weighted by Gasteiger charge is -2.40. The predicted molar refractivity (Wildman–Crippen MR) is 141 cm³/mol. The lowest BCUT2D eigenvalue weighted by Crippen LogP contribution is -2.48. The molecule has 2 atom stereocenters. The third kappa shape index (κ3) is 7.23. The van der Waals surface area contributed by atoms with Crippen LogP contribution >= 0.6 is 11.6 Å². The molecule has 1 N–H and O–H groups in total. The Balaban J connectivity index is 2.29. The third-order valence-electron chi connectivity index (χ3n) is 6.82. The maximum atomic E-state index is 13.4. The minimum atomic E-state index is -2.18. The molecular weight excluding hydrogens is 483 g/mol. The fraction of sp³-hybridized carbons (Fsp3) is 0.444. The number of Topliss-reactive ketones (excluding diaryl/α,β-unsaturated/α-hetero) is 1. The number of nitrogens with zero attached hydrogens (tertiary/aromatic N) is 1. The smallest absolute Gasteiger partial charge is 0.226 e. The second-order valence-corrected chi connectivity index (χ2v) is 15.5. The van der Waals surface area contributed by atoms with Gasteiger partial charge in [0, 0.05) is 5.56 Å². The van der Waals surface area contributed by atoms with Gasteiger partial charge in [-0.15, -0.1) is 0 Å². The zero-order valence-corrected chi connectivity index (χ0v) is 23.2. The molecule has 0 saturated heterocycles. The van der Waals surface area contributed by atoms with E-state index in [0.717, 1.165) is 11.1 Å². The molecule has 2 aromatic rings. The molecule has 0 saturated carbocycles. The third-order valence-corrected chi connectivity index (χ3v) is 11.9. The second-order valence-electron chi connectivity index (χ2n) is 10.3. The molecule has 35 heavy (non-hydrogen) atoms. The number of carbonyl (C=O) groups is 2. The van der Waals surface area contributed by atoms with E-state index in [-0.39, 0.29) is 23.3 Å².